The number of aryl methyl sites for hydroxylation is 1. The van der Waals surface area contributed by atoms with Gasteiger partial charge in [0.25, 0.3) is 0 Å². The van der Waals surface area contributed by atoms with E-state index in [0.717, 1.165) is 0 Å². The van der Waals surface area contributed by atoms with E-state index in [2.05, 4.69) is 104 Å². The number of para-hydroxylation sites is 1. The van der Waals surface area contributed by atoms with Crippen molar-refractivity contribution >= 4 is 5.69 Å². The summed E-state index contributed by atoms with van der Waals surface area (Å²) in [5.41, 5.74) is 4.03. The molecule has 2 aromatic carbocycles. The highest BCUT2D eigenvalue weighted by Crippen LogP contribution is 2.46. The van der Waals surface area contributed by atoms with Gasteiger partial charge in [-0.15, -0.1) is 0 Å². The molecule has 0 saturated carbocycles. The molecule has 0 bridgehead atoms. The maximum absolute atomic E-state index is 2.67. The van der Waals surface area contributed by atoms with Crippen molar-refractivity contribution in [2.75, 3.05) is 4.90 Å². The Bertz CT molecular complexity index is 767. The number of hydrogen-bond acceptors (Lipinski definition) is 2. The number of rotatable bonds is 2. The highest BCUT2D eigenvalue weighted by atomic mass is 15.5. The Labute approximate surface area is 145 Å². The maximum Gasteiger partial charge on any atom is 0.0811 e. The normalized spacial score (nSPS) is 32.3. The lowest BCUT2D eigenvalue weighted by atomic mass is 9.91. The highest BCUT2D eigenvalue weighted by Gasteiger charge is 2.52. The van der Waals surface area contributed by atoms with E-state index in [1.165, 1.54) is 16.8 Å². The van der Waals surface area contributed by atoms with Gasteiger partial charge in [0.1, 0.15) is 0 Å². The number of hydrogen-bond donors (Lipinski definition) is 0. The molecule has 1 fully saturated rings. The zero-order valence-corrected chi connectivity index (χ0v) is 15.0. The van der Waals surface area contributed by atoms with Crippen LogP contribution in [0.3, 0.4) is 0 Å². The van der Waals surface area contributed by atoms with E-state index in [0.29, 0.717) is 18.2 Å². The van der Waals surface area contributed by atoms with Crippen LogP contribution in [0.5, 0.6) is 0 Å². The summed E-state index contributed by atoms with van der Waals surface area (Å²) in [6, 6.07) is 20.5. The molecule has 0 spiro atoms. The SMILES string of the molecule is Cc1ccccc1N1C(C)N2C(C=CC2(C)c2ccccc2)[C@@H]1C. The first-order valence-electron chi connectivity index (χ1n) is 8.91. The Morgan fingerprint density at radius 2 is 1.58 bits per heavy atom. The number of anilines is 1. The molecule has 0 aliphatic carbocycles. The molecule has 4 atom stereocenters. The molecule has 124 valence electrons. The molecule has 2 heterocycles. The largest absolute Gasteiger partial charge is 0.351 e. The van der Waals surface area contributed by atoms with E-state index >= 15 is 0 Å². The van der Waals surface area contributed by atoms with Gasteiger partial charge in [0.05, 0.1) is 17.7 Å². The molecule has 24 heavy (non-hydrogen) atoms. The summed E-state index contributed by atoms with van der Waals surface area (Å²) in [6.45, 7) is 9.26. The van der Waals surface area contributed by atoms with Crippen LogP contribution in [-0.2, 0) is 5.54 Å². The lowest BCUT2D eigenvalue weighted by molar-refractivity contribution is 0.127. The Kier molecular flexibility index (Phi) is 3.54. The zero-order valence-electron chi connectivity index (χ0n) is 15.0. The topological polar surface area (TPSA) is 6.48 Å². The predicted octanol–water partition coefficient (Wildman–Crippen LogP) is 4.71. The molecular weight excluding hydrogens is 292 g/mol. The summed E-state index contributed by atoms with van der Waals surface area (Å²) in [5.74, 6) is 0. The van der Waals surface area contributed by atoms with Gasteiger partial charge in [0.15, 0.2) is 0 Å². The van der Waals surface area contributed by atoms with E-state index in [-0.39, 0.29) is 5.54 Å². The fraction of sp³-hybridized carbons (Fsp3) is 0.364. The molecule has 2 aromatic rings. The molecule has 0 radical (unpaired) electrons. The molecule has 0 aromatic heterocycles. The van der Waals surface area contributed by atoms with Crippen molar-refractivity contribution in [3.8, 4) is 0 Å². The van der Waals surface area contributed by atoms with Crippen molar-refractivity contribution < 1.29 is 0 Å². The van der Waals surface area contributed by atoms with Crippen LogP contribution in [0, 0.1) is 6.92 Å². The van der Waals surface area contributed by atoms with Crippen LogP contribution in [0.15, 0.2) is 66.7 Å². The van der Waals surface area contributed by atoms with Gasteiger partial charge >= 0.3 is 0 Å². The van der Waals surface area contributed by atoms with Gasteiger partial charge in [-0.25, -0.2) is 0 Å². The first kappa shape index (κ1) is 15.5. The molecule has 3 unspecified atom stereocenters. The van der Waals surface area contributed by atoms with E-state index in [4.69, 9.17) is 0 Å². The van der Waals surface area contributed by atoms with Gasteiger partial charge in [-0.2, -0.15) is 0 Å². The summed E-state index contributed by atoms with van der Waals surface area (Å²) in [4.78, 5) is 5.25. The van der Waals surface area contributed by atoms with Crippen molar-refractivity contribution in [3.63, 3.8) is 0 Å². The van der Waals surface area contributed by atoms with Crippen molar-refractivity contribution in [2.45, 2.75) is 51.5 Å². The number of nitrogens with zero attached hydrogens (tertiary/aromatic N) is 2. The Morgan fingerprint density at radius 1 is 0.917 bits per heavy atom. The van der Waals surface area contributed by atoms with Crippen molar-refractivity contribution in [1.82, 2.24) is 4.90 Å². The van der Waals surface area contributed by atoms with Crippen LogP contribution in [0.25, 0.3) is 0 Å². The summed E-state index contributed by atoms with van der Waals surface area (Å²) in [6.07, 6.45) is 5.16. The van der Waals surface area contributed by atoms with Gasteiger partial charge in [-0.3, -0.25) is 4.90 Å². The van der Waals surface area contributed by atoms with E-state index < -0.39 is 0 Å². The second-order valence-electron chi connectivity index (χ2n) is 7.34. The van der Waals surface area contributed by atoms with Crippen molar-refractivity contribution in [1.29, 1.82) is 0 Å². The van der Waals surface area contributed by atoms with E-state index in [1.807, 2.05) is 0 Å². The summed E-state index contributed by atoms with van der Waals surface area (Å²) in [7, 11) is 0. The third-order valence-corrected chi connectivity index (χ3v) is 5.97. The van der Waals surface area contributed by atoms with Crippen molar-refractivity contribution in [2.24, 2.45) is 0 Å². The van der Waals surface area contributed by atoms with E-state index in [1.54, 1.807) is 0 Å². The number of fused-ring (bicyclic) bond motifs is 1. The predicted molar refractivity (Wildman–Crippen MR) is 101 cm³/mol. The van der Waals surface area contributed by atoms with Gasteiger partial charge in [-0.1, -0.05) is 60.7 Å². The van der Waals surface area contributed by atoms with E-state index in [9.17, 15) is 0 Å². The Morgan fingerprint density at radius 3 is 2.29 bits per heavy atom. The molecule has 2 heteroatoms. The third-order valence-electron chi connectivity index (χ3n) is 5.97. The molecule has 0 amide bonds. The molecule has 0 N–H and O–H groups in total. The van der Waals surface area contributed by atoms with Gasteiger partial charge in [0.2, 0.25) is 0 Å². The molecular formula is C22H26N2. The van der Waals surface area contributed by atoms with Crippen LogP contribution in [0.1, 0.15) is 31.9 Å². The molecule has 2 nitrogen and oxygen atoms in total. The van der Waals surface area contributed by atoms with Gasteiger partial charge in [-0.05, 0) is 44.9 Å². The summed E-state index contributed by atoms with van der Waals surface area (Å²) in [5, 5.41) is 0. The van der Waals surface area contributed by atoms with Crippen LogP contribution < -0.4 is 4.90 Å². The van der Waals surface area contributed by atoms with Crippen molar-refractivity contribution in [3.05, 3.63) is 77.9 Å². The molecule has 1 saturated heterocycles. The minimum Gasteiger partial charge on any atom is -0.351 e. The minimum absolute atomic E-state index is 0.0446. The summed E-state index contributed by atoms with van der Waals surface area (Å²) < 4.78 is 0. The highest BCUT2D eigenvalue weighted by molar-refractivity contribution is 5.57. The fourth-order valence-electron chi connectivity index (χ4n) is 4.74. The average Bonchev–Trinajstić information content (AvgIpc) is 3.07. The first-order valence-corrected chi connectivity index (χ1v) is 8.91. The quantitative estimate of drug-likeness (QED) is 0.740. The summed E-state index contributed by atoms with van der Waals surface area (Å²) >= 11 is 0. The second kappa shape index (κ2) is 5.49. The monoisotopic (exact) mass is 318 g/mol. The smallest absolute Gasteiger partial charge is 0.0811 e. The lowest BCUT2D eigenvalue weighted by Crippen LogP contribution is -2.47. The first-order chi connectivity index (χ1) is 11.5. The van der Waals surface area contributed by atoms with Crippen LogP contribution >= 0.6 is 0 Å². The molecule has 2 aliphatic rings. The van der Waals surface area contributed by atoms with Gasteiger partial charge < -0.3 is 4.90 Å². The zero-order chi connectivity index (χ0) is 16.9. The fourth-order valence-corrected chi connectivity index (χ4v) is 4.74. The van der Waals surface area contributed by atoms with Crippen LogP contribution in [-0.4, -0.2) is 23.1 Å². The van der Waals surface area contributed by atoms with Crippen LogP contribution in [0.2, 0.25) is 0 Å². The lowest BCUT2D eigenvalue weighted by Gasteiger charge is -2.40. The standard InChI is InChI=1S/C22H26N2/c1-16-10-8-9-13-20(16)23-17(2)21-14-15-22(4,24(21)18(23)3)19-11-6-5-7-12-19/h5-15,17-18,21H,1-4H3/t17-,18?,21?,22?/m0/s1. The molecule has 4 rings (SSSR count). The minimum atomic E-state index is -0.0446. The third kappa shape index (κ3) is 2.06. The second-order valence-corrected chi connectivity index (χ2v) is 7.34. The molecule has 2 aliphatic heterocycles. The number of benzene rings is 2. The Balaban J connectivity index is 1.76. The van der Waals surface area contributed by atoms with Crippen LogP contribution in [0.4, 0.5) is 5.69 Å². The Hall–Kier alpha value is -2.06. The maximum atomic E-state index is 2.67. The van der Waals surface area contributed by atoms with Gasteiger partial charge in [0, 0.05) is 11.7 Å². The average molecular weight is 318 g/mol.